The Kier molecular flexibility index (Phi) is 5.95. The van der Waals surface area contributed by atoms with E-state index in [1.807, 2.05) is 6.92 Å². The van der Waals surface area contributed by atoms with E-state index in [0.717, 1.165) is 6.42 Å². The van der Waals surface area contributed by atoms with E-state index < -0.39 is 17.8 Å². The second kappa shape index (κ2) is 7.48. The molecule has 0 spiro atoms. The van der Waals surface area contributed by atoms with Gasteiger partial charge in [-0.2, -0.15) is 0 Å². The maximum atomic E-state index is 12.9. The van der Waals surface area contributed by atoms with Crippen molar-refractivity contribution in [1.29, 1.82) is 0 Å². The van der Waals surface area contributed by atoms with Crippen molar-refractivity contribution in [3.63, 3.8) is 0 Å². The van der Waals surface area contributed by atoms with Gasteiger partial charge in [-0.15, -0.1) is 0 Å². The molecule has 4 N–H and O–H groups in total. The summed E-state index contributed by atoms with van der Waals surface area (Å²) in [5, 5.41) is 4.91. The average molecular weight is 267 g/mol. The number of benzene rings is 1. The number of amides is 2. The van der Waals surface area contributed by atoms with Crippen LogP contribution in [0.3, 0.4) is 0 Å². The first kappa shape index (κ1) is 15.1. The molecule has 0 aliphatic rings. The maximum absolute atomic E-state index is 12.9. The Morgan fingerprint density at radius 2 is 2.16 bits per heavy atom. The number of nitrogens with one attached hydrogen (secondary N) is 2. The molecule has 1 unspecified atom stereocenters. The van der Waals surface area contributed by atoms with Crippen LogP contribution in [0.15, 0.2) is 24.3 Å². The lowest BCUT2D eigenvalue weighted by Gasteiger charge is -2.11. The monoisotopic (exact) mass is 267 g/mol. The number of hydrogen-bond donors (Lipinski definition) is 3. The van der Waals surface area contributed by atoms with E-state index in [0.29, 0.717) is 12.1 Å². The minimum atomic E-state index is -0.605. The van der Waals surface area contributed by atoms with Gasteiger partial charge in [-0.05, 0) is 24.6 Å². The zero-order valence-corrected chi connectivity index (χ0v) is 10.8. The fraction of sp³-hybridized carbons (Fsp3) is 0.385. The SMILES string of the molecule is CCCC(N)C(=O)NCC(=O)Nc1cccc(F)c1. The molecule has 104 valence electrons. The first-order chi connectivity index (χ1) is 9.02. The molecule has 0 aliphatic heterocycles. The third kappa shape index (κ3) is 5.48. The van der Waals surface area contributed by atoms with E-state index >= 15 is 0 Å². The second-order valence-electron chi connectivity index (χ2n) is 4.17. The molecule has 1 aromatic rings. The molecule has 2 amide bonds. The van der Waals surface area contributed by atoms with Gasteiger partial charge in [0, 0.05) is 5.69 Å². The van der Waals surface area contributed by atoms with Gasteiger partial charge in [0.2, 0.25) is 11.8 Å². The van der Waals surface area contributed by atoms with Crippen molar-refractivity contribution in [2.75, 3.05) is 11.9 Å². The van der Waals surface area contributed by atoms with Crippen LogP contribution in [0.4, 0.5) is 10.1 Å². The van der Waals surface area contributed by atoms with Gasteiger partial charge in [-0.3, -0.25) is 9.59 Å². The predicted molar refractivity (Wildman–Crippen MR) is 70.9 cm³/mol. The van der Waals surface area contributed by atoms with Gasteiger partial charge in [-0.1, -0.05) is 19.4 Å². The van der Waals surface area contributed by atoms with Crippen LogP contribution < -0.4 is 16.4 Å². The minimum absolute atomic E-state index is 0.188. The van der Waals surface area contributed by atoms with Crippen molar-refractivity contribution in [3.05, 3.63) is 30.1 Å². The van der Waals surface area contributed by atoms with E-state index in [-0.39, 0.29) is 12.5 Å². The molecule has 19 heavy (non-hydrogen) atoms. The van der Waals surface area contributed by atoms with Crippen LogP contribution in [-0.2, 0) is 9.59 Å². The van der Waals surface area contributed by atoms with E-state index in [1.54, 1.807) is 6.07 Å². The van der Waals surface area contributed by atoms with E-state index in [1.165, 1.54) is 18.2 Å². The molecule has 1 aromatic carbocycles. The molecule has 5 nitrogen and oxygen atoms in total. The maximum Gasteiger partial charge on any atom is 0.243 e. The zero-order chi connectivity index (χ0) is 14.3. The van der Waals surface area contributed by atoms with Gasteiger partial charge >= 0.3 is 0 Å². The highest BCUT2D eigenvalue weighted by Gasteiger charge is 2.13. The van der Waals surface area contributed by atoms with Gasteiger partial charge in [0.1, 0.15) is 5.82 Å². The molecule has 1 rings (SSSR count). The predicted octanol–water partition coefficient (Wildman–Crippen LogP) is 1.01. The zero-order valence-electron chi connectivity index (χ0n) is 10.8. The molecular weight excluding hydrogens is 249 g/mol. The highest BCUT2D eigenvalue weighted by atomic mass is 19.1. The van der Waals surface area contributed by atoms with Gasteiger partial charge in [0.15, 0.2) is 0 Å². The van der Waals surface area contributed by atoms with Gasteiger partial charge in [0.25, 0.3) is 0 Å². The second-order valence-corrected chi connectivity index (χ2v) is 4.17. The van der Waals surface area contributed by atoms with E-state index in [9.17, 15) is 14.0 Å². The van der Waals surface area contributed by atoms with Crippen molar-refractivity contribution in [3.8, 4) is 0 Å². The number of rotatable bonds is 6. The molecule has 1 atom stereocenters. The molecular formula is C13H18FN3O2. The topological polar surface area (TPSA) is 84.2 Å². The first-order valence-corrected chi connectivity index (χ1v) is 6.11. The van der Waals surface area contributed by atoms with Crippen LogP contribution in [0.2, 0.25) is 0 Å². The molecule has 0 bridgehead atoms. The summed E-state index contributed by atoms with van der Waals surface area (Å²) in [7, 11) is 0. The van der Waals surface area contributed by atoms with Crippen LogP contribution in [0.25, 0.3) is 0 Å². The summed E-state index contributed by atoms with van der Waals surface area (Å²) >= 11 is 0. The number of carbonyl (C=O) groups excluding carboxylic acids is 2. The normalized spacial score (nSPS) is 11.7. The summed E-state index contributed by atoms with van der Waals surface area (Å²) in [6.45, 7) is 1.73. The fourth-order valence-corrected chi connectivity index (χ4v) is 1.51. The number of hydrogen-bond acceptors (Lipinski definition) is 3. The Labute approximate surface area is 111 Å². The van der Waals surface area contributed by atoms with Crippen LogP contribution >= 0.6 is 0 Å². The van der Waals surface area contributed by atoms with Crippen LogP contribution in [0.1, 0.15) is 19.8 Å². The van der Waals surface area contributed by atoms with Crippen molar-refractivity contribution in [1.82, 2.24) is 5.32 Å². The Bertz CT molecular complexity index is 451. The quantitative estimate of drug-likeness (QED) is 0.719. The number of anilines is 1. The van der Waals surface area contributed by atoms with Gasteiger partial charge in [0.05, 0.1) is 12.6 Å². The Balaban J connectivity index is 2.38. The molecule has 6 heteroatoms. The lowest BCUT2D eigenvalue weighted by atomic mass is 10.2. The van der Waals surface area contributed by atoms with Crippen LogP contribution in [-0.4, -0.2) is 24.4 Å². The largest absolute Gasteiger partial charge is 0.346 e. The van der Waals surface area contributed by atoms with Crippen molar-refractivity contribution >= 4 is 17.5 Å². The molecule has 0 heterocycles. The van der Waals surface area contributed by atoms with Crippen molar-refractivity contribution in [2.45, 2.75) is 25.8 Å². The highest BCUT2D eigenvalue weighted by Crippen LogP contribution is 2.08. The van der Waals surface area contributed by atoms with E-state index in [2.05, 4.69) is 10.6 Å². The Morgan fingerprint density at radius 1 is 1.42 bits per heavy atom. The van der Waals surface area contributed by atoms with Gasteiger partial charge < -0.3 is 16.4 Å². The standard InChI is InChI=1S/C13H18FN3O2/c1-2-4-11(15)13(19)16-8-12(18)17-10-6-3-5-9(14)7-10/h3,5-7,11H,2,4,8,15H2,1H3,(H,16,19)(H,17,18). The lowest BCUT2D eigenvalue weighted by molar-refractivity contribution is -0.125. The molecule has 0 radical (unpaired) electrons. The molecule has 0 saturated carbocycles. The summed E-state index contributed by atoms with van der Waals surface area (Å²) in [6.07, 6.45) is 1.36. The highest BCUT2D eigenvalue weighted by molar-refractivity contribution is 5.95. The first-order valence-electron chi connectivity index (χ1n) is 6.11. The Hall–Kier alpha value is -1.95. The molecule has 0 aromatic heterocycles. The summed E-state index contributed by atoms with van der Waals surface area (Å²) in [6, 6.07) is 4.92. The fourth-order valence-electron chi connectivity index (χ4n) is 1.51. The molecule has 0 aliphatic carbocycles. The van der Waals surface area contributed by atoms with E-state index in [4.69, 9.17) is 5.73 Å². The number of nitrogens with two attached hydrogens (primary N) is 1. The average Bonchev–Trinajstić information content (AvgIpc) is 2.36. The summed E-state index contributed by atoms with van der Waals surface area (Å²) < 4.78 is 12.9. The Morgan fingerprint density at radius 3 is 2.79 bits per heavy atom. The third-order valence-corrected chi connectivity index (χ3v) is 2.47. The van der Waals surface area contributed by atoms with Crippen molar-refractivity contribution in [2.24, 2.45) is 5.73 Å². The molecule has 0 saturated heterocycles. The number of carbonyl (C=O) groups is 2. The summed E-state index contributed by atoms with van der Waals surface area (Å²) in [5.74, 6) is -1.23. The van der Waals surface area contributed by atoms with Crippen LogP contribution in [0, 0.1) is 5.82 Å². The minimum Gasteiger partial charge on any atom is -0.346 e. The van der Waals surface area contributed by atoms with Crippen molar-refractivity contribution < 1.29 is 14.0 Å². The van der Waals surface area contributed by atoms with Crippen LogP contribution in [0.5, 0.6) is 0 Å². The summed E-state index contributed by atoms with van der Waals surface area (Å²) in [4.78, 5) is 23.0. The summed E-state index contributed by atoms with van der Waals surface area (Å²) in [5.41, 5.74) is 5.94. The van der Waals surface area contributed by atoms with Gasteiger partial charge in [-0.25, -0.2) is 4.39 Å². The number of halogens is 1. The smallest absolute Gasteiger partial charge is 0.243 e. The lowest BCUT2D eigenvalue weighted by Crippen LogP contribution is -2.43. The molecule has 0 fully saturated rings. The third-order valence-electron chi connectivity index (χ3n) is 2.47.